The van der Waals surface area contributed by atoms with Crippen molar-refractivity contribution in [1.82, 2.24) is 9.47 Å². The van der Waals surface area contributed by atoms with E-state index in [0.29, 0.717) is 13.0 Å². The fourth-order valence-corrected chi connectivity index (χ4v) is 5.44. The number of esters is 1. The third-order valence-corrected chi connectivity index (χ3v) is 6.84. The Morgan fingerprint density at radius 1 is 1.21 bits per heavy atom. The number of fused-ring (bicyclic) bond motifs is 5. The zero-order valence-electron chi connectivity index (χ0n) is 20.3. The molecule has 1 aromatic carbocycles. The number of aliphatic carboxylic acids is 1. The molecule has 0 bridgehead atoms. The van der Waals surface area contributed by atoms with Gasteiger partial charge in [0.05, 0.1) is 24.4 Å². The summed E-state index contributed by atoms with van der Waals surface area (Å²) in [5.41, 5.74) is 2.92. The summed E-state index contributed by atoms with van der Waals surface area (Å²) in [6, 6.07) is 7.54. The van der Waals surface area contributed by atoms with Gasteiger partial charge in [0.25, 0.3) is 0 Å². The number of hydrogen-bond acceptors (Lipinski definition) is 6. The molecule has 0 radical (unpaired) electrons. The Labute approximate surface area is 199 Å². The molecule has 182 valence electrons. The maximum atomic E-state index is 13.4. The highest BCUT2D eigenvalue weighted by molar-refractivity contribution is 5.95. The number of rotatable bonds is 3. The third-order valence-electron chi connectivity index (χ3n) is 6.84. The Morgan fingerprint density at radius 3 is 2.53 bits per heavy atom. The number of carboxylic acid groups (broad SMARTS) is 1. The monoisotopic (exact) mass is 468 g/mol. The largest absolute Gasteiger partial charge is 0.481 e. The fraction of sp³-hybridized carbons (Fsp3) is 0.500. The Kier molecular flexibility index (Phi) is 6.29. The molecule has 2 aromatic rings. The lowest BCUT2D eigenvalue weighted by atomic mass is 9.75. The van der Waals surface area contributed by atoms with Gasteiger partial charge in [0, 0.05) is 24.4 Å². The summed E-state index contributed by atoms with van der Waals surface area (Å²) in [7, 11) is 1.21. The number of carboxylic acids is 1. The third kappa shape index (κ3) is 4.11. The van der Waals surface area contributed by atoms with Crippen molar-refractivity contribution < 1.29 is 29.0 Å². The molecule has 0 spiro atoms. The van der Waals surface area contributed by atoms with Crippen LogP contribution in [0.25, 0.3) is 10.9 Å². The van der Waals surface area contributed by atoms with Gasteiger partial charge in [-0.15, -0.1) is 0 Å². The van der Waals surface area contributed by atoms with E-state index in [0.717, 1.165) is 40.7 Å². The molecular weight excluding hydrogens is 436 g/mol. The van der Waals surface area contributed by atoms with E-state index in [1.165, 1.54) is 7.11 Å². The Balaban J connectivity index is 1.86. The molecule has 1 N–H and O–H groups in total. The van der Waals surface area contributed by atoms with Crippen LogP contribution in [0, 0.1) is 11.8 Å². The van der Waals surface area contributed by atoms with Gasteiger partial charge in [0.1, 0.15) is 5.60 Å². The van der Waals surface area contributed by atoms with Crippen LogP contribution in [0.2, 0.25) is 0 Å². The first-order valence-electron chi connectivity index (χ1n) is 11.6. The molecule has 2 aliphatic heterocycles. The molecular formula is C26H32N2O6. The molecule has 8 heteroatoms. The number of allylic oxidation sites excluding steroid dienone is 1. The Morgan fingerprint density at radius 2 is 1.91 bits per heavy atom. The second-order valence-electron chi connectivity index (χ2n) is 9.98. The minimum absolute atomic E-state index is 0.233. The summed E-state index contributed by atoms with van der Waals surface area (Å²) in [5.74, 6) is -3.79. The number of ether oxygens (including phenoxy) is 2. The van der Waals surface area contributed by atoms with Crippen LogP contribution in [-0.4, -0.2) is 58.4 Å². The number of piperidine rings is 1. The van der Waals surface area contributed by atoms with E-state index < -0.39 is 35.5 Å². The van der Waals surface area contributed by atoms with Crippen molar-refractivity contribution in [3.05, 3.63) is 47.2 Å². The molecule has 8 nitrogen and oxygen atoms in total. The average Bonchev–Trinajstić information content (AvgIpc) is 3.12. The van der Waals surface area contributed by atoms with Crippen molar-refractivity contribution in [3.8, 4) is 0 Å². The highest BCUT2D eigenvalue weighted by atomic mass is 16.6. The second-order valence-corrected chi connectivity index (χ2v) is 9.98. The van der Waals surface area contributed by atoms with Gasteiger partial charge in [-0.1, -0.05) is 29.8 Å². The molecule has 0 aliphatic carbocycles. The highest BCUT2D eigenvalue weighted by Crippen LogP contribution is 2.46. The predicted octanol–water partition coefficient (Wildman–Crippen LogP) is 4.16. The van der Waals surface area contributed by atoms with E-state index >= 15 is 0 Å². The van der Waals surface area contributed by atoms with Crippen molar-refractivity contribution >= 4 is 28.9 Å². The van der Waals surface area contributed by atoms with Gasteiger partial charge in [0.15, 0.2) is 5.92 Å². The summed E-state index contributed by atoms with van der Waals surface area (Å²) in [6.45, 7) is 8.67. The lowest BCUT2D eigenvalue weighted by molar-refractivity contribution is -0.159. The normalized spacial score (nSPS) is 22.7. The van der Waals surface area contributed by atoms with Crippen LogP contribution >= 0.6 is 0 Å². The van der Waals surface area contributed by atoms with E-state index in [9.17, 15) is 19.5 Å². The van der Waals surface area contributed by atoms with Gasteiger partial charge < -0.3 is 14.6 Å². The van der Waals surface area contributed by atoms with E-state index in [-0.39, 0.29) is 6.04 Å². The number of hydrogen-bond donors (Lipinski definition) is 1. The Bertz CT molecular complexity index is 1170. The van der Waals surface area contributed by atoms with E-state index in [4.69, 9.17) is 9.47 Å². The average molecular weight is 469 g/mol. The van der Waals surface area contributed by atoms with Crippen LogP contribution in [0.5, 0.6) is 0 Å². The van der Waals surface area contributed by atoms with Gasteiger partial charge in [-0.25, -0.2) is 9.36 Å². The molecule has 3 heterocycles. The Hall–Kier alpha value is -3.13. The van der Waals surface area contributed by atoms with Crippen LogP contribution in [0.1, 0.15) is 51.4 Å². The summed E-state index contributed by atoms with van der Waals surface area (Å²) < 4.78 is 12.3. The first-order valence-corrected chi connectivity index (χ1v) is 11.6. The molecule has 0 saturated carbocycles. The van der Waals surface area contributed by atoms with E-state index in [1.54, 1.807) is 4.57 Å². The molecule has 34 heavy (non-hydrogen) atoms. The van der Waals surface area contributed by atoms with Crippen LogP contribution in [0.4, 0.5) is 4.79 Å². The second kappa shape index (κ2) is 8.91. The van der Waals surface area contributed by atoms with Crippen LogP contribution in [0.15, 0.2) is 35.9 Å². The van der Waals surface area contributed by atoms with Gasteiger partial charge in [-0.05, 0) is 52.2 Å². The number of nitrogens with zero attached hydrogens (tertiary/aromatic N) is 2. The van der Waals surface area contributed by atoms with Crippen molar-refractivity contribution in [1.29, 1.82) is 0 Å². The van der Waals surface area contributed by atoms with Crippen LogP contribution in [0.3, 0.4) is 0 Å². The van der Waals surface area contributed by atoms with Gasteiger partial charge in [0.2, 0.25) is 0 Å². The van der Waals surface area contributed by atoms with E-state index in [1.807, 2.05) is 58.0 Å². The fourth-order valence-electron chi connectivity index (χ4n) is 5.44. The van der Waals surface area contributed by atoms with Gasteiger partial charge in [-0.2, -0.15) is 0 Å². The first kappa shape index (κ1) is 24.0. The number of carbonyl (C=O) groups is 3. The minimum Gasteiger partial charge on any atom is -0.481 e. The van der Waals surface area contributed by atoms with Gasteiger partial charge >= 0.3 is 18.0 Å². The molecule has 3 atom stereocenters. The summed E-state index contributed by atoms with van der Waals surface area (Å²) >= 11 is 0. The molecule has 0 amide bonds. The summed E-state index contributed by atoms with van der Waals surface area (Å²) in [5, 5.41) is 10.9. The molecule has 2 aliphatic rings. The predicted molar refractivity (Wildman–Crippen MR) is 127 cm³/mol. The van der Waals surface area contributed by atoms with Crippen molar-refractivity contribution in [3.63, 3.8) is 0 Å². The molecule has 1 saturated heterocycles. The maximum Gasteiger partial charge on any atom is 0.419 e. The first-order chi connectivity index (χ1) is 16.1. The smallest absolute Gasteiger partial charge is 0.419 e. The van der Waals surface area contributed by atoms with Crippen molar-refractivity contribution in [2.24, 2.45) is 11.8 Å². The number of benzene rings is 1. The van der Waals surface area contributed by atoms with Crippen LogP contribution in [-0.2, 0) is 25.5 Å². The zero-order valence-corrected chi connectivity index (χ0v) is 20.3. The quantitative estimate of drug-likeness (QED) is 0.410. The minimum atomic E-state index is -1.30. The topological polar surface area (TPSA) is 98.1 Å². The SMILES string of the molecule is C/C=C1\CN2CCc3c(n(C(=O)OC(C)(C)C)c4ccccc34)[C@@H]2C[C@@H]1C(C(=O)O)C(=O)OC. The molecule has 1 fully saturated rings. The zero-order chi connectivity index (χ0) is 24.8. The van der Waals surface area contributed by atoms with E-state index in [2.05, 4.69) is 4.90 Å². The van der Waals surface area contributed by atoms with Crippen molar-refractivity contribution in [2.75, 3.05) is 20.2 Å². The highest BCUT2D eigenvalue weighted by Gasteiger charge is 2.46. The van der Waals surface area contributed by atoms with Crippen molar-refractivity contribution in [2.45, 2.75) is 52.2 Å². The molecule has 1 unspecified atom stereocenters. The van der Waals surface area contributed by atoms with Gasteiger partial charge in [-0.3, -0.25) is 14.5 Å². The lowest BCUT2D eigenvalue weighted by Gasteiger charge is -2.45. The summed E-state index contributed by atoms with van der Waals surface area (Å²) in [4.78, 5) is 40.3. The summed E-state index contributed by atoms with van der Waals surface area (Å²) in [6.07, 6.45) is 2.60. The standard InChI is InChI=1S/C26H32N2O6/c1-6-15-14-27-12-11-17-16-9-7-8-10-19(16)28(25(32)34-26(2,3)4)22(17)20(27)13-18(15)21(23(29)30)24(31)33-5/h6-10,18,20-21H,11-14H2,1-5H3,(H,29,30)/b15-6+/t18-,20-,21?/m0/s1. The number of methoxy groups -OCH3 is 1. The molecule has 1 aromatic heterocycles. The maximum absolute atomic E-state index is 13.4. The number of para-hydroxylation sites is 1. The lowest BCUT2D eigenvalue weighted by Crippen LogP contribution is -2.47. The molecule has 4 rings (SSSR count). The van der Waals surface area contributed by atoms with Crippen LogP contribution < -0.4 is 0 Å². The number of carbonyl (C=O) groups excluding carboxylic acids is 2. The number of aromatic nitrogens is 1.